The average molecular weight is 252 g/mol. The first kappa shape index (κ1) is 16.4. The molecule has 0 saturated carbocycles. The Bertz CT molecular complexity index is 272. The first-order valence-electron chi connectivity index (χ1n) is 6.75. The molecule has 0 aliphatic rings. The van der Waals surface area contributed by atoms with E-state index in [9.17, 15) is 4.79 Å². The summed E-state index contributed by atoms with van der Waals surface area (Å²) in [5.74, 6) is 3.55. The molecule has 0 saturated heterocycles. The van der Waals surface area contributed by atoms with Gasteiger partial charge in [0.25, 0.3) is 0 Å². The molecule has 0 rings (SSSR count). The van der Waals surface area contributed by atoms with Crippen molar-refractivity contribution < 1.29 is 4.79 Å². The molecule has 1 nitrogen and oxygen atoms in total. The number of hydrogen-bond acceptors (Lipinski definition) is 1. The molecular formula is C15H28OSi. The van der Waals surface area contributed by atoms with Crippen LogP contribution in [0.3, 0.4) is 0 Å². The lowest BCUT2D eigenvalue weighted by atomic mass is 10.1. The van der Waals surface area contributed by atoms with Crippen LogP contribution in [0.2, 0.25) is 16.6 Å². The number of aldehydes is 1. The van der Waals surface area contributed by atoms with E-state index in [0.717, 1.165) is 6.29 Å². The van der Waals surface area contributed by atoms with Crippen molar-refractivity contribution in [1.29, 1.82) is 0 Å². The summed E-state index contributed by atoms with van der Waals surface area (Å²) in [7, 11) is -1.60. The normalized spacial score (nSPS) is 13.8. The largest absolute Gasteiger partial charge is 0.303 e. The highest BCUT2D eigenvalue weighted by molar-refractivity contribution is 6.90. The van der Waals surface area contributed by atoms with Gasteiger partial charge in [-0.1, -0.05) is 48.5 Å². The second-order valence-corrected chi connectivity index (χ2v) is 11.5. The van der Waals surface area contributed by atoms with Crippen molar-refractivity contribution in [3.05, 3.63) is 0 Å². The van der Waals surface area contributed by atoms with Crippen molar-refractivity contribution >= 4 is 14.4 Å². The van der Waals surface area contributed by atoms with Gasteiger partial charge in [-0.05, 0) is 16.6 Å². The van der Waals surface area contributed by atoms with Crippen LogP contribution in [0.5, 0.6) is 0 Å². The fourth-order valence-corrected chi connectivity index (χ4v) is 8.25. The van der Waals surface area contributed by atoms with Crippen molar-refractivity contribution in [3.8, 4) is 11.5 Å². The fourth-order valence-electron chi connectivity index (χ4n) is 2.88. The van der Waals surface area contributed by atoms with Crippen LogP contribution in [0.1, 0.15) is 54.9 Å². The van der Waals surface area contributed by atoms with E-state index < -0.39 is 8.07 Å². The monoisotopic (exact) mass is 252 g/mol. The van der Waals surface area contributed by atoms with E-state index in [1.807, 2.05) is 6.92 Å². The van der Waals surface area contributed by atoms with Crippen LogP contribution in [0.25, 0.3) is 0 Å². The Balaban J connectivity index is 5.25. The molecule has 98 valence electrons. The van der Waals surface area contributed by atoms with E-state index in [4.69, 9.17) is 0 Å². The van der Waals surface area contributed by atoms with Crippen molar-refractivity contribution in [2.24, 2.45) is 5.92 Å². The summed E-state index contributed by atoms with van der Waals surface area (Å²) in [5.41, 5.74) is 5.64. The molecular weight excluding hydrogens is 224 g/mol. The quantitative estimate of drug-likeness (QED) is 0.402. The summed E-state index contributed by atoms with van der Waals surface area (Å²) in [5, 5.41) is 0. The van der Waals surface area contributed by atoms with Crippen LogP contribution in [0, 0.1) is 17.4 Å². The van der Waals surface area contributed by atoms with Crippen LogP contribution in [0.15, 0.2) is 0 Å². The van der Waals surface area contributed by atoms with E-state index >= 15 is 0 Å². The maximum atomic E-state index is 10.5. The van der Waals surface area contributed by atoms with Crippen molar-refractivity contribution in [2.45, 2.75) is 71.5 Å². The Kier molecular flexibility index (Phi) is 6.78. The zero-order chi connectivity index (χ0) is 13.6. The predicted octanol–water partition coefficient (Wildman–Crippen LogP) is 4.43. The van der Waals surface area contributed by atoms with Gasteiger partial charge in [-0.3, -0.25) is 0 Å². The SMILES string of the molecule is CC(C)[Si](C#C[C@@H](C)CC=O)(C(C)C)C(C)C. The molecule has 0 aliphatic carbocycles. The third-order valence-corrected chi connectivity index (χ3v) is 10.2. The summed E-state index contributed by atoms with van der Waals surface area (Å²) in [6.07, 6.45) is 1.54. The third-order valence-electron chi connectivity index (χ3n) is 3.85. The second-order valence-electron chi connectivity index (χ2n) is 5.97. The summed E-state index contributed by atoms with van der Waals surface area (Å²) < 4.78 is 0. The smallest absolute Gasteiger partial charge is 0.145 e. The predicted molar refractivity (Wildman–Crippen MR) is 78.7 cm³/mol. The number of carbonyl (C=O) groups is 1. The molecule has 1 atom stereocenters. The van der Waals surface area contributed by atoms with Gasteiger partial charge < -0.3 is 4.79 Å². The Labute approximate surface area is 108 Å². The van der Waals surface area contributed by atoms with E-state index in [1.165, 1.54) is 0 Å². The molecule has 0 amide bonds. The molecule has 0 spiro atoms. The highest BCUT2D eigenvalue weighted by Gasteiger charge is 2.41. The zero-order valence-corrected chi connectivity index (χ0v) is 13.5. The molecule has 0 heterocycles. The maximum Gasteiger partial charge on any atom is 0.145 e. The molecule has 0 unspecified atom stereocenters. The average Bonchev–Trinajstić information content (AvgIpc) is 2.17. The number of rotatable bonds is 5. The van der Waals surface area contributed by atoms with Crippen LogP contribution in [-0.2, 0) is 4.79 Å². The summed E-state index contributed by atoms with van der Waals surface area (Å²) >= 11 is 0. The van der Waals surface area contributed by atoms with Crippen molar-refractivity contribution in [1.82, 2.24) is 0 Å². The van der Waals surface area contributed by atoms with Gasteiger partial charge in [0.2, 0.25) is 0 Å². The molecule has 0 aromatic heterocycles. The molecule has 0 aromatic rings. The summed E-state index contributed by atoms with van der Waals surface area (Å²) in [6.45, 7) is 15.9. The first-order chi connectivity index (χ1) is 7.78. The lowest BCUT2D eigenvalue weighted by Gasteiger charge is -2.38. The van der Waals surface area contributed by atoms with Crippen LogP contribution < -0.4 is 0 Å². The van der Waals surface area contributed by atoms with Gasteiger partial charge in [0, 0.05) is 12.3 Å². The van der Waals surface area contributed by atoms with Crippen molar-refractivity contribution in [3.63, 3.8) is 0 Å². The summed E-state index contributed by atoms with van der Waals surface area (Å²) in [4.78, 5) is 10.5. The zero-order valence-electron chi connectivity index (χ0n) is 12.5. The van der Waals surface area contributed by atoms with E-state index in [1.54, 1.807) is 0 Å². The highest BCUT2D eigenvalue weighted by Crippen LogP contribution is 2.40. The lowest BCUT2D eigenvalue weighted by molar-refractivity contribution is -0.108. The van der Waals surface area contributed by atoms with E-state index in [2.05, 4.69) is 53.0 Å². The Morgan fingerprint density at radius 1 is 0.941 bits per heavy atom. The maximum absolute atomic E-state index is 10.5. The minimum atomic E-state index is -1.60. The molecule has 0 aromatic carbocycles. The Morgan fingerprint density at radius 2 is 1.35 bits per heavy atom. The standard InChI is InChI=1S/C15H28OSi/c1-12(2)17(13(3)4,14(5)6)11-9-15(7)8-10-16/h10,12-15H,8H2,1-7H3/t15-/m0/s1. The number of hydrogen-bond donors (Lipinski definition) is 0. The van der Waals surface area contributed by atoms with Gasteiger partial charge >= 0.3 is 0 Å². The van der Waals surface area contributed by atoms with Gasteiger partial charge in [-0.2, -0.15) is 0 Å². The molecule has 0 bridgehead atoms. The van der Waals surface area contributed by atoms with Crippen LogP contribution >= 0.6 is 0 Å². The molecule has 2 heteroatoms. The molecule has 0 radical (unpaired) electrons. The topological polar surface area (TPSA) is 17.1 Å². The molecule has 0 fully saturated rings. The summed E-state index contributed by atoms with van der Waals surface area (Å²) in [6, 6.07) is 0. The Hall–Kier alpha value is -0.553. The van der Waals surface area contributed by atoms with Gasteiger partial charge in [0.1, 0.15) is 14.4 Å². The highest BCUT2D eigenvalue weighted by atomic mass is 28.3. The van der Waals surface area contributed by atoms with Gasteiger partial charge in [-0.25, -0.2) is 0 Å². The van der Waals surface area contributed by atoms with Gasteiger partial charge in [0.05, 0.1) is 0 Å². The van der Waals surface area contributed by atoms with Gasteiger partial charge in [0.15, 0.2) is 0 Å². The van der Waals surface area contributed by atoms with Crippen LogP contribution in [-0.4, -0.2) is 14.4 Å². The third kappa shape index (κ3) is 3.99. The van der Waals surface area contributed by atoms with Gasteiger partial charge in [-0.15, -0.1) is 11.5 Å². The van der Waals surface area contributed by atoms with Crippen LogP contribution in [0.4, 0.5) is 0 Å². The molecule has 0 aliphatic heterocycles. The van der Waals surface area contributed by atoms with E-state index in [-0.39, 0.29) is 5.92 Å². The Morgan fingerprint density at radius 3 is 1.65 bits per heavy atom. The first-order valence-corrected chi connectivity index (χ1v) is 8.98. The number of carbonyl (C=O) groups excluding carboxylic acids is 1. The van der Waals surface area contributed by atoms with Crippen molar-refractivity contribution in [2.75, 3.05) is 0 Å². The minimum Gasteiger partial charge on any atom is -0.303 e. The van der Waals surface area contributed by atoms with E-state index in [0.29, 0.717) is 23.0 Å². The second kappa shape index (κ2) is 7.01. The fraction of sp³-hybridized carbons (Fsp3) is 0.800. The lowest BCUT2D eigenvalue weighted by Crippen LogP contribution is -2.43. The molecule has 17 heavy (non-hydrogen) atoms. The minimum absolute atomic E-state index is 0.204. The molecule has 0 N–H and O–H groups in total.